The van der Waals surface area contributed by atoms with Gasteiger partial charge in [-0.25, -0.2) is 0 Å². The SMILES string of the molecule is C=C(C)CN(CC)CC(O)COc1cccc([N+](=O)[O-])c1. The molecule has 0 amide bonds. The summed E-state index contributed by atoms with van der Waals surface area (Å²) in [6.07, 6.45) is -0.663. The summed E-state index contributed by atoms with van der Waals surface area (Å²) < 4.78 is 5.41. The van der Waals surface area contributed by atoms with Gasteiger partial charge in [0, 0.05) is 19.2 Å². The number of nitro groups is 1. The van der Waals surface area contributed by atoms with Gasteiger partial charge in [-0.1, -0.05) is 25.1 Å². The number of hydrogen-bond donors (Lipinski definition) is 1. The van der Waals surface area contributed by atoms with Crippen molar-refractivity contribution in [3.8, 4) is 5.75 Å². The molecular formula is C15H22N2O4. The second-order valence-electron chi connectivity index (χ2n) is 5.00. The summed E-state index contributed by atoms with van der Waals surface area (Å²) in [4.78, 5) is 12.2. The van der Waals surface area contributed by atoms with Crippen molar-refractivity contribution in [1.29, 1.82) is 0 Å². The Labute approximate surface area is 124 Å². The summed E-state index contributed by atoms with van der Waals surface area (Å²) in [6.45, 7) is 9.90. The maximum atomic E-state index is 10.7. The Morgan fingerprint density at radius 3 is 2.86 bits per heavy atom. The van der Waals surface area contributed by atoms with E-state index in [1.807, 2.05) is 13.8 Å². The third-order valence-corrected chi connectivity index (χ3v) is 2.88. The van der Waals surface area contributed by atoms with E-state index in [1.54, 1.807) is 12.1 Å². The minimum atomic E-state index is -0.663. The summed E-state index contributed by atoms with van der Waals surface area (Å²) in [5.41, 5.74) is 1.00. The predicted molar refractivity (Wildman–Crippen MR) is 81.5 cm³/mol. The van der Waals surface area contributed by atoms with Gasteiger partial charge in [0.05, 0.1) is 11.0 Å². The summed E-state index contributed by atoms with van der Waals surface area (Å²) in [7, 11) is 0. The third-order valence-electron chi connectivity index (χ3n) is 2.88. The van der Waals surface area contributed by atoms with Gasteiger partial charge < -0.3 is 9.84 Å². The van der Waals surface area contributed by atoms with Crippen molar-refractivity contribution in [2.24, 2.45) is 0 Å². The summed E-state index contributed by atoms with van der Waals surface area (Å²) in [6, 6.07) is 5.93. The van der Waals surface area contributed by atoms with Gasteiger partial charge in [-0.2, -0.15) is 0 Å². The molecule has 0 aromatic heterocycles. The number of rotatable bonds is 9. The van der Waals surface area contributed by atoms with E-state index in [4.69, 9.17) is 4.74 Å². The van der Waals surface area contributed by atoms with Crippen LogP contribution in [0, 0.1) is 10.1 Å². The highest BCUT2D eigenvalue weighted by Crippen LogP contribution is 2.19. The van der Waals surface area contributed by atoms with Crippen LogP contribution >= 0.6 is 0 Å². The van der Waals surface area contributed by atoms with Crippen LogP contribution in [0.5, 0.6) is 5.75 Å². The van der Waals surface area contributed by atoms with Crippen molar-refractivity contribution in [2.75, 3.05) is 26.2 Å². The Morgan fingerprint density at radius 2 is 2.29 bits per heavy atom. The van der Waals surface area contributed by atoms with Gasteiger partial charge >= 0.3 is 0 Å². The van der Waals surface area contributed by atoms with Crippen LogP contribution in [0.4, 0.5) is 5.69 Å². The highest BCUT2D eigenvalue weighted by molar-refractivity contribution is 5.37. The highest BCUT2D eigenvalue weighted by atomic mass is 16.6. The number of ether oxygens (including phenoxy) is 1. The van der Waals surface area contributed by atoms with Crippen molar-refractivity contribution in [2.45, 2.75) is 20.0 Å². The van der Waals surface area contributed by atoms with Crippen molar-refractivity contribution in [1.82, 2.24) is 4.90 Å². The Hall–Kier alpha value is -1.92. The molecule has 0 aliphatic heterocycles. The predicted octanol–water partition coefficient (Wildman–Crippen LogP) is 2.23. The quantitative estimate of drug-likeness (QED) is 0.429. The van der Waals surface area contributed by atoms with Crippen LogP contribution in [0.3, 0.4) is 0 Å². The molecule has 0 saturated carbocycles. The minimum Gasteiger partial charge on any atom is -0.491 e. The van der Waals surface area contributed by atoms with Crippen LogP contribution in [0.2, 0.25) is 0 Å². The zero-order valence-electron chi connectivity index (χ0n) is 12.5. The van der Waals surface area contributed by atoms with Gasteiger partial charge in [0.2, 0.25) is 0 Å². The monoisotopic (exact) mass is 294 g/mol. The fourth-order valence-electron chi connectivity index (χ4n) is 1.92. The second kappa shape index (κ2) is 8.39. The summed E-state index contributed by atoms with van der Waals surface area (Å²) >= 11 is 0. The van der Waals surface area contributed by atoms with Crippen molar-refractivity contribution in [3.63, 3.8) is 0 Å². The average molecular weight is 294 g/mol. The number of likely N-dealkylation sites (N-methyl/N-ethyl adjacent to an activating group) is 1. The Kier molecular flexibility index (Phi) is 6.84. The van der Waals surface area contributed by atoms with E-state index in [0.717, 1.165) is 18.7 Å². The molecule has 116 valence electrons. The van der Waals surface area contributed by atoms with E-state index in [9.17, 15) is 15.2 Å². The van der Waals surface area contributed by atoms with E-state index < -0.39 is 11.0 Å². The molecule has 6 heteroatoms. The number of aliphatic hydroxyl groups is 1. The fourth-order valence-corrected chi connectivity index (χ4v) is 1.92. The standard InChI is InChI=1S/C15H22N2O4/c1-4-16(9-12(2)3)10-14(18)11-21-15-7-5-6-13(8-15)17(19)20/h5-8,14,18H,2,4,9-11H2,1,3H3. The molecule has 0 bridgehead atoms. The van der Waals surface area contributed by atoms with Crippen LogP contribution in [0.15, 0.2) is 36.4 Å². The molecule has 0 saturated heterocycles. The Balaban J connectivity index is 2.48. The lowest BCUT2D eigenvalue weighted by Crippen LogP contribution is -2.36. The van der Waals surface area contributed by atoms with Crippen molar-refractivity contribution < 1.29 is 14.8 Å². The number of nitrogens with zero attached hydrogens (tertiary/aromatic N) is 2. The smallest absolute Gasteiger partial charge is 0.273 e. The molecule has 1 unspecified atom stereocenters. The van der Waals surface area contributed by atoms with E-state index in [2.05, 4.69) is 11.5 Å². The number of benzene rings is 1. The second-order valence-corrected chi connectivity index (χ2v) is 5.00. The molecule has 0 radical (unpaired) electrons. The van der Waals surface area contributed by atoms with Crippen LogP contribution in [0.1, 0.15) is 13.8 Å². The van der Waals surface area contributed by atoms with E-state index in [0.29, 0.717) is 12.3 Å². The molecule has 1 N–H and O–H groups in total. The lowest BCUT2D eigenvalue weighted by molar-refractivity contribution is -0.384. The largest absolute Gasteiger partial charge is 0.491 e. The van der Waals surface area contributed by atoms with Crippen LogP contribution in [-0.2, 0) is 0 Å². The third kappa shape index (κ3) is 6.37. The summed E-state index contributed by atoms with van der Waals surface area (Å²) in [5.74, 6) is 0.381. The maximum Gasteiger partial charge on any atom is 0.273 e. The van der Waals surface area contributed by atoms with E-state index in [-0.39, 0.29) is 12.3 Å². The van der Waals surface area contributed by atoms with Crippen LogP contribution < -0.4 is 4.74 Å². The van der Waals surface area contributed by atoms with Gasteiger partial charge in [-0.3, -0.25) is 15.0 Å². The number of hydrogen-bond acceptors (Lipinski definition) is 5. The van der Waals surface area contributed by atoms with Crippen molar-refractivity contribution >= 4 is 5.69 Å². The topological polar surface area (TPSA) is 75.8 Å². The lowest BCUT2D eigenvalue weighted by atomic mass is 10.2. The molecule has 21 heavy (non-hydrogen) atoms. The average Bonchev–Trinajstić information content (AvgIpc) is 2.44. The molecule has 1 atom stereocenters. The van der Waals surface area contributed by atoms with Crippen molar-refractivity contribution in [3.05, 3.63) is 46.5 Å². The van der Waals surface area contributed by atoms with Crippen LogP contribution in [-0.4, -0.2) is 47.3 Å². The molecule has 6 nitrogen and oxygen atoms in total. The van der Waals surface area contributed by atoms with Gasteiger partial charge in [0.15, 0.2) is 0 Å². The van der Waals surface area contributed by atoms with E-state index in [1.165, 1.54) is 12.1 Å². The first-order chi connectivity index (χ1) is 9.92. The van der Waals surface area contributed by atoms with Gasteiger partial charge in [-0.05, 0) is 19.5 Å². The normalized spacial score (nSPS) is 12.2. The molecule has 1 aromatic carbocycles. The Morgan fingerprint density at radius 1 is 1.57 bits per heavy atom. The molecule has 0 spiro atoms. The Bertz CT molecular complexity index is 490. The maximum absolute atomic E-state index is 10.7. The van der Waals surface area contributed by atoms with Gasteiger partial charge in [-0.15, -0.1) is 0 Å². The lowest BCUT2D eigenvalue weighted by Gasteiger charge is -2.23. The summed E-state index contributed by atoms with van der Waals surface area (Å²) in [5, 5.41) is 20.6. The number of non-ortho nitro benzene ring substituents is 1. The first kappa shape index (κ1) is 17.1. The number of aliphatic hydroxyl groups excluding tert-OH is 1. The molecule has 0 heterocycles. The zero-order chi connectivity index (χ0) is 15.8. The molecule has 1 aromatic rings. The zero-order valence-corrected chi connectivity index (χ0v) is 12.5. The first-order valence-electron chi connectivity index (χ1n) is 6.84. The molecule has 1 rings (SSSR count). The molecule has 0 fully saturated rings. The molecular weight excluding hydrogens is 272 g/mol. The minimum absolute atomic E-state index is 0.0283. The number of nitro benzene ring substituents is 1. The molecule has 0 aliphatic carbocycles. The van der Waals surface area contributed by atoms with Gasteiger partial charge in [0.1, 0.15) is 18.5 Å². The first-order valence-corrected chi connectivity index (χ1v) is 6.84. The molecule has 0 aliphatic rings. The highest BCUT2D eigenvalue weighted by Gasteiger charge is 2.12. The van der Waals surface area contributed by atoms with E-state index >= 15 is 0 Å². The fraction of sp³-hybridized carbons (Fsp3) is 0.467. The van der Waals surface area contributed by atoms with Gasteiger partial charge in [0.25, 0.3) is 5.69 Å². The van der Waals surface area contributed by atoms with Crippen LogP contribution in [0.25, 0.3) is 0 Å².